The summed E-state index contributed by atoms with van der Waals surface area (Å²) in [5, 5.41) is 2.95. The Labute approximate surface area is 102 Å². The number of nitrogens with zero attached hydrogens (tertiary/aromatic N) is 1. The predicted molar refractivity (Wildman–Crippen MR) is 69.5 cm³/mol. The molecule has 2 aliphatic heterocycles. The van der Waals surface area contributed by atoms with E-state index in [0.29, 0.717) is 0 Å². The molecule has 0 aromatic heterocycles. The van der Waals surface area contributed by atoms with Crippen LogP contribution in [-0.4, -0.2) is 19.0 Å². The third kappa shape index (κ3) is 1.53. The number of benzene rings is 1. The van der Waals surface area contributed by atoms with Crippen molar-refractivity contribution >= 4 is 17.3 Å². The van der Waals surface area contributed by atoms with Crippen LogP contribution in [0.2, 0.25) is 0 Å². The molecule has 3 heteroatoms. The summed E-state index contributed by atoms with van der Waals surface area (Å²) in [6, 6.07) is 6.33. The molecular weight excluding hydrogens is 212 g/mol. The number of carbonyl (C=O) groups is 1. The van der Waals surface area contributed by atoms with E-state index in [9.17, 15) is 4.79 Å². The topological polar surface area (TPSA) is 32.3 Å². The Morgan fingerprint density at radius 2 is 1.94 bits per heavy atom. The minimum atomic E-state index is -0.398. The zero-order chi connectivity index (χ0) is 12.0. The van der Waals surface area contributed by atoms with E-state index in [2.05, 4.69) is 22.3 Å². The standard InChI is InChI=1S/C14H18N2O/c1-14(2)11-9-10(16-7-3-4-8-16)5-6-12(11)15-13(14)17/h5-6,9H,3-4,7-8H2,1-2H3,(H,15,17). The van der Waals surface area contributed by atoms with Gasteiger partial charge in [0, 0.05) is 24.5 Å². The van der Waals surface area contributed by atoms with Gasteiger partial charge >= 0.3 is 0 Å². The van der Waals surface area contributed by atoms with Gasteiger partial charge in [0.2, 0.25) is 5.91 Å². The molecule has 0 spiro atoms. The molecule has 17 heavy (non-hydrogen) atoms. The van der Waals surface area contributed by atoms with Gasteiger partial charge in [-0.05, 0) is 50.5 Å². The highest BCUT2D eigenvalue weighted by molar-refractivity contribution is 6.06. The zero-order valence-corrected chi connectivity index (χ0v) is 10.4. The highest BCUT2D eigenvalue weighted by Gasteiger charge is 2.38. The molecule has 0 unspecified atom stereocenters. The molecule has 1 amide bonds. The minimum absolute atomic E-state index is 0.103. The number of anilines is 2. The van der Waals surface area contributed by atoms with Crippen molar-refractivity contribution in [2.45, 2.75) is 32.1 Å². The molecule has 2 heterocycles. The molecule has 0 saturated carbocycles. The van der Waals surface area contributed by atoms with E-state index in [1.165, 1.54) is 18.5 Å². The van der Waals surface area contributed by atoms with Crippen LogP contribution in [-0.2, 0) is 10.2 Å². The Kier molecular flexibility index (Phi) is 2.18. The Morgan fingerprint density at radius 1 is 1.24 bits per heavy atom. The van der Waals surface area contributed by atoms with Gasteiger partial charge in [-0.2, -0.15) is 0 Å². The van der Waals surface area contributed by atoms with Crippen LogP contribution >= 0.6 is 0 Å². The van der Waals surface area contributed by atoms with Gasteiger partial charge in [0.1, 0.15) is 0 Å². The Bertz CT molecular complexity index is 473. The van der Waals surface area contributed by atoms with Crippen LogP contribution in [0.25, 0.3) is 0 Å². The van der Waals surface area contributed by atoms with Crippen molar-refractivity contribution < 1.29 is 4.79 Å². The molecule has 90 valence electrons. The molecule has 0 bridgehead atoms. The summed E-state index contributed by atoms with van der Waals surface area (Å²) in [6.07, 6.45) is 2.55. The Balaban J connectivity index is 2.02. The van der Waals surface area contributed by atoms with Gasteiger partial charge < -0.3 is 10.2 Å². The van der Waals surface area contributed by atoms with Crippen molar-refractivity contribution in [1.82, 2.24) is 0 Å². The third-order valence-electron chi connectivity index (χ3n) is 3.96. The molecule has 0 atom stereocenters. The number of nitrogens with one attached hydrogen (secondary N) is 1. The molecule has 3 rings (SSSR count). The zero-order valence-electron chi connectivity index (χ0n) is 10.4. The van der Waals surface area contributed by atoms with Gasteiger partial charge in [-0.25, -0.2) is 0 Å². The van der Waals surface area contributed by atoms with Crippen LogP contribution < -0.4 is 10.2 Å². The van der Waals surface area contributed by atoms with E-state index in [4.69, 9.17) is 0 Å². The largest absolute Gasteiger partial charge is 0.372 e. The molecule has 0 radical (unpaired) electrons. The summed E-state index contributed by atoms with van der Waals surface area (Å²) in [5.41, 5.74) is 2.96. The van der Waals surface area contributed by atoms with E-state index in [0.717, 1.165) is 24.3 Å². The maximum Gasteiger partial charge on any atom is 0.234 e. The molecule has 1 fully saturated rings. The van der Waals surface area contributed by atoms with Crippen LogP contribution in [0.3, 0.4) is 0 Å². The second-order valence-electron chi connectivity index (χ2n) is 5.50. The molecule has 2 aliphatic rings. The number of carbonyl (C=O) groups excluding carboxylic acids is 1. The maximum absolute atomic E-state index is 11.9. The normalized spacial score (nSPS) is 21.5. The quantitative estimate of drug-likeness (QED) is 0.804. The van der Waals surface area contributed by atoms with Crippen LogP contribution in [0.1, 0.15) is 32.3 Å². The molecule has 1 N–H and O–H groups in total. The van der Waals surface area contributed by atoms with Crippen molar-refractivity contribution in [2.75, 3.05) is 23.3 Å². The molecule has 1 aromatic rings. The lowest BCUT2D eigenvalue weighted by molar-refractivity contribution is -0.119. The van der Waals surface area contributed by atoms with E-state index in [1.54, 1.807) is 0 Å². The van der Waals surface area contributed by atoms with Crippen LogP contribution in [0, 0.1) is 0 Å². The average molecular weight is 230 g/mol. The molecule has 3 nitrogen and oxygen atoms in total. The lowest BCUT2D eigenvalue weighted by atomic mass is 9.86. The van der Waals surface area contributed by atoms with E-state index >= 15 is 0 Å². The molecule has 1 saturated heterocycles. The van der Waals surface area contributed by atoms with Crippen LogP contribution in [0.4, 0.5) is 11.4 Å². The monoisotopic (exact) mass is 230 g/mol. The fraction of sp³-hybridized carbons (Fsp3) is 0.500. The highest BCUT2D eigenvalue weighted by atomic mass is 16.2. The predicted octanol–water partition coefficient (Wildman–Crippen LogP) is 2.52. The first-order valence-electron chi connectivity index (χ1n) is 6.30. The lowest BCUT2D eigenvalue weighted by Crippen LogP contribution is -2.27. The molecule has 0 aliphatic carbocycles. The first-order chi connectivity index (χ1) is 8.09. The van der Waals surface area contributed by atoms with Gasteiger partial charge in [-0.1, -0.05) is 0 Å². The molecular formula is C14H18N2O. The van der Waals surface area contributed by atoms with Crippen molar-refractivity contribution in [2.24, 2.45) is 0 Å². The smallest absolute Gasteiger partial charge is 0.234 e. The highest BCUT2D eigenvalue weighted by Crippen LogP contribution is 2.39. The van der Waals surface area contributed by atoms with Gasteiger partial charge in [0.15, 0.2) is 0 Å². The maximum atomic E-state index is 11.9. The van der Waals surface area contributed by atoms with Crippen LogP contribution in [0.15, 0.2) is 18.2 Å². The number of hydrogen-bond acceptors (Lipinski definition) is 2. The lowest BCUT2D eigenvalue weighted by Gasteiger charge is -2.21. The summed E-state index contributed by atoms with van der Waals surface area (Å²) in [6.45, 7) is 6.25. The van der Waals surface area contributed by atoms with Gasteiger partial charge in [0.25, 0.3) is 0 Å². The summed E-state index contributed by atoms with van der Waals surface area (Å²) >= 11 is 0. The second-order valence-corrected chi connectivity index (χ2v) is 5.50. The van der Waals surface area contributed by atoms with E-state index in [-0.39, 0.29) is 5.91 Å². The summed E-state index contributed by atoms with van der Waals surface area (Å²) in [5.74, 6) is 0.103. The van der Waals surface area contributed by atoms with Crippen molar-refractivity contribution in [3.63, 3.8) is 0 Å². The number of amides is 1. The summed E-state index contributed by atoms with van der Waals surface area (Å²) in [7, 11) is 0. The van der Waals surface area contributed by atoms with Crippen molar-refractivity contribution in [1.29, 1.82) is 0 Å². The van der Waals surface area contributed by atoms with E-state index < -0.39 is 5.41 Å². The van der Waals surface area contributed by atoms with Gasteiger partial charge in [-0.15, -0.1) is 0 Å². The van der Waals surface area contributed by atoms with Crippen molar-refractivity contribution in [3.8, 4) is 0 Å². The van der Waals surface area contributed by atoms with Gasteiger partial charge in [0.05, 0.1) is 5.41 Å². The summed E-state index contributed by atoms with van der Waals surface area (Å²) < 4.78 is 0. The van der Waals surface area contributed by atoms with Gasteiger partial charge in [-0.3, -0.25) is 4.79 Å². The summed E-state index contributed by atoms with van der Waals surface area (Å²) in [4.78, 5) is 14.3. The number of hydrogen-bond donors (Lipinski definition) is 1. The average Bonchev–Trinajstić information content (AvgIpc) is 2.88. The number of rotatable bonds is 1. The molecule has 1 aromatic carbocycles. The fourth-order valence-corrected chi connectivity index (χ4v) is 2.73. The Morgan fingerprint density at radius 3 is 2.65 bits per heavy atom. The first kappa shape index (κ1) is 10.6. The second kappa shape index (κ2) is 3.49. The number of fused-ring (bicyclic) bond motifs is 1. The van der Waals surface area contributed by atoms with Crippen LogP contribution in [0.5, 0.6) is 0 Å². The SMILES string of the molecule is CC1(C)C(=O)Nc2ccc(N3CCCC3)cc21. The first-order valence-corrected chi connectivity index (χ1v) is 6.30. The van der Waals surface area contributed by atoms with Crippen molar-refractivity contribution in [3.05, 3.63) is 23.8 Å². The Hall–Kier alpha value is -1.51. The third-order valence-corrected chi connectivity index (χ3v) is 3.96. The minimum Gasteiger partial charge on any atom is -0.372 e. The fourth-order valence-electron chi connectivity index (χ4n) is 2.73. The van der Waals surface area contributed by atoms with E-state index in [1.807, 2.05) is 19.9 Å².